The van der Waals surface area contributed by atoms with E-state index >= 15 is 0 Å². The molecular formula is C15H31NO. The van der Waals surface area contributed by atoms with Gasteiger partial charge in [0.05, 0.1) is 6.10 Å². The van der Waals surface area contributed by atoms with Crippen molar-refractivity contribution >= 4 is 0 Å². The molecule has 2 nitrogen and oxygen atoms in total. The summed E-state index contributed by atoms with van der Waals surface area (Å²) in [4.78, 5) is 0. The van der Waals surface area contributed by atoms with Crippen LogP contribution in [0.1, 0.15) is 66.7 Å². The minimum Gasteiger partial charge on any atom is -0.393 e. The summed E-state index contributed by atoms with van der Waals surface area (Å²) < 4.78 is 0. The molecule has 0 saturated heterocycles. The minimum atomic E-state index is -0.191. The lowest BCUT2D eigenvalue weighted by atomic mass is 9.71. The average Bonchev–Trinajstić information content (AvgIpc) is 2.15. The van der Waals surface area contributed by atoms with Crippen LogP contribution < -0.4 is 5.32 Å². The molecule has 17 heavy (non-hydrogen) atoms. The highest BCUT2D eigenvalue weighted by Gasteiger charge is 2.29. The van der Waals surface area contributed by atoms with Gasteiger partial charge in [0.15, 0.2) is 0 Å². The smallest absolute Gasteiger partial charge is 0.0526 e. The average molecular weight is 241 g/mol. The van der Waals surface area contributed by atoms with Gasteiger partial charge in [-0.1, -0.05) is 20.8 Å². The Morgan fingerprint density at radius 1 is 1.12 bits per heavy atom. The first-order valence-corrected chi connectivity index (χ1v) is 7.23. The zero-order chi connectivity index (χ0) is 13.1. The molecule has 102 valence electrons. The Balaban J connectivity index is 2.28. The van der Waals surface area contributed by atoms with Crippen LogP contribution in [0.2, 0.25) is 0 Å². The van der Waals surface area contributed by atoms with E-state index in [1.54, 1.807) is 0 Å². The molecule has 2 N–H and O–H groups in total. The molecule has 1 fully saturated rings. The molecule has 0 amide bonds. The van der Waals surface area contributed by atoms with E-state index in [0.29, 0.717) is 17.5 Å². The topological polar surface area (TPSA) is 32.3 Å². The van der Waals surface area contributed by atoms with Crippen LogP contribution in [0.4, 0.5) is 0 Å². The van der Waals surface area contributed by atoms with Gasteiger partial charge >= 0.3 is 0 Å². The van der Waals surface area contributed by atoms with Crippen molar-refractivity contribution in [1.29, 1.82) is 0 Å². The molecule has 1 rings (SSSR count). The van der Waals surface area contributed by atoms with E-state index in [1.165, 1.54) is 25.7 Å². The summed E-state index contributed by atoms with van der Waals surface area (Å²) in [5.41, 5.74) is 0.468. The predicted molar refractivity (Wildman–Crippen MR) is 74.1 cm³/mol. The molecule has 0 heterocycles. The zero-order valence-corrected chi connectivity index (χ0v) is 12.3. The normalized spacial score (nSPS) is 30.0. The van der Waals surface area contributed by atoms with E-state index in [1.807, 2.05) is 6.92 Å². The standard InChI is InChI=1S/C15H31NO/c1-11(10-12(2)17)16-14-8-6-13(7-9-14)15(3,4)5/h11-14,16-17H,6-10H2,1-5H3. The van der Waals surface area contributed by atoms with E-state index in [4.69, 9.17) is 0 Å². The molecule has 0 aromatic heterocycles. The van der Waals surface area contributed by atoms with E-state index in [9.17, 15) is 5.11 Å². The Bertz CT molecular complexity index is 211. The molecule has 0 aromatic carbocycles. The molecule has 2 atom stereocenters. The van der Waals surface area contributed by atoms with Crippen LogP contribution in [-0.4, -0.2) is 23.3 Å². The maximum Gasteiger partial charge on any atom is 0.0526 e. The van der Waals surface area contributed by atoms with Crippen molar-refractivity contribution in [3.8, 4) is 0 Å². The van der Waals surface area contributed by atoms with Crippen LogP contribution in [-0.2, 0) is 0 Å². The van der Waals surface area contributed by atoms with Gasteiger partial charge in [-0.2, -0.15) is 0 Å². The third-order valence-electron chi connectivity index (χ3n) is 4.17. The van der Waals surface area contributed by atoms with E-state index in [0.717, 1.165) is 12.3 Å². The second-order valence-electron chi connectivity index (χ2n) is 7.07. The van der Waals surface area contributed by atoms with Crippen LogP contribution in [0.5, 0.6) is 0 Å². The van der Waals surface area contributed by atoms with Gasteiger partial charge in [-0.05, 0) is 57.3 Å². The summed E-state index contributed by atoms with van der Waals surface area (Å²) in [6.45, 7) is 11.1. The van der Waals surface area contributed by atoms with E-state index in [-0.39, 0.29) is 6.10 Å². The van der Waals surface area contributed by atoms with E-state index < -0.39 is 0 Å². The minimum absolute atomic E-state index is 0.191. The van der Waals surface area contributed by atoms with Crippen molar-refractivity contribution in [3.63, 3.8) is 0 Å². The molecule has 0 bridgehead atoms. The van der Waals surface area contributed by atoms with Crippen molar-refractivity contribution in [2.45, 2.75) is 84.9 Å². The molecular weight excluding hydrogens is 210 g/mol. The zero-order valence-electron chi connectivity index (χ0n) is 12.3. The first-order valence-electron chi connectivity index (χ1n) is 7.23. The van der Waals surface area contributed by atoms with Crippen molar-refractivity contribution in [3.05, 3.63) is 0 Å². The fraction of sp³-hybridized carbons (Fsp3) is 1.00. The van der Waals surface area contributed by atoms with Crippen molar-refractivity contribution in [1.82, 2.24) is 5.32 Å². The number of hydrogen-bond donors (Lipinski definition) is 2. The number of aliphatic hydroxyl groups excluding tert-OH is 1. The van der Waals surface area contributed by atoms with Crippen LogP contribution in [0.15, 0.2) is 0 Å². The Hall–Kier alpha value is -0.0800. The third-order valence-corrected chi connectivity index (χ3v) is 4.17. The Labute approximate surface area is 107 Å². The predicted octanol–water partition coefficient (Wildman–Crippen LogP) is 3.34. The van der Waals surface area contributed by atoms with Crippen LogP contribution in [0.25, 0.3) is 0 Å². The summed E-state index contributed by atoms with van der Waals surface area (Å²) in [6.07, 6.45) is 5.96. The second-order valence-corrected chi connectivity index (χ2v) is 7.07. The summed E-state index contributed by atoms with van der Waals surface area (Å²) in [5, 5.41) is 13.0. The fourth-order valence-corrected chi connectivity index (χ4v) is 3.11. The maximum atomic E-state index is 9.36. The molecule has 2 heteroatoms. The van der Waals surface area contributed by atoms with E-state index in [2.05, 4.69) is 33.0 Å². The van der Waals surface area contributed by atoms with Crippen molar-refractivity contribution in [2.24, 2.45) is 11.3 Å². The largest absolute Gasteiger partial charge is 0.393 e. The van der Waals surface area contributed by atoms with Gasteiger partial charge in [0, 0.05) is 12.1 Å². The monoisotopic (exact) mass is 241 g/mol. The number of rotatable bonds is 4. The number of hydrogen-bond acceptors (Lipinski definition) is 2. The molecule has 2 unspecified atom stereocenters. The molecule has 1 saturated carbocycles. The van der Waals surface area contributed by atoms with Gasteiger partial charge in [0.25, 0.3) is 0 Å². The van der Waals surface area contributed by atoms with Gasteiger partial charge in [-0.15, -0.1) is 0 Å². The highest BCUT2D eigenvalue weighted by molar-refractivity contribution is 4.84. The van der Waals surface area contributed by atoms with Gasteiger partial charge in [0.2, 0.25) is 0 Å². The lowest BCUT2D eigenvalue weighted by Gasteiger charge is -2.38. The van der Waals surface area contributed by atoms with Crippen LogP contribution in [0.3, 0.4) is 0 Å². The lowest BCUT2D eigenvalue weighted by molar-refractivity contribution is 0.142. The van der Waals surface area contributed by atoms with Crippen LogP contribution in [0, 0.1) is 11.3 Å². The van der Waals surface area contributed by atoms with Gasteiger partial charge < -0.3 is 10.4 Å². The number of nitrogens with one attached hydrogen (secondary N) is 1. The van der Waals surface area contributed by atoms with Gasteiger partial charge in [-0.25, -0.2) is 0 Å². The first-order chi connectivity index (χ1) is 7.79. The Kier molecular flexibility index (Phi) is 5.46. The van der Waals surface area contributed by atoms with Crippen molar-refractivity contribution in [2.75, 3.05) is 0 Å². The molecule has 0 aliphatic heterocycles. The highest BCUT2D eigenvalue weighted by Crippen LogP contribution is 2.37. The molecule has 1 aliphatic rings. The summed E-state index contributed by atoms with van der Waals surface area (Å²) in [7, 11) is 0. The van der Waals surface area contributed by atoms with Crippen LogP contribution >= 0.6 is 0 Å². The quantitative estimate of drug-likeness (QED) is 0.791. The van der Waals surface area contributed by atoms with Crippen molar-refractivity contribution < 1.29 is 5.11 Å². The van der Waals surface area contributed by atoms with Gasteiger partial charge in [0.1, 0.15) is 0 Å². The Morgan fingerprint density at radius 3 is 2.06 bits per heavy atom. The summed E-state index contributed by atoms with van der Waals surface area (Å²) in [6, 6.07) is 1.11. The summed E-state index contributed by atoms with van der Waals surface area (Å²) >= 11 is 0. The Morgan fingerprint density at radius 2 is 1.65 bits per heavy atom. The SMILES string of the molecule is CC(O)CC(C)NC1CCC(C(C)(C)C)CC1. The molecule has 1 aliphatic carbocycles. The molecule has 0 radical (unpaired) electrons. The fourth-order valence-electron chi connectivity index (χ4n) is 3.11. The lowest BCUT2D eigenvalue weighted by Crippen LogP contribution is -2.41. The first kappa shape index (κ1) is 15.0. The summed E-state index contributed by atoms with van der Waals surface area (Å²) in [5.74, 6) is 0.882. The third kappa shape index (κ3) is 5.39. The highest BCUT2D eigenvalue weighted by atomic mass is 16.3. The number of aliphatic hydroxyl groups is 1. The molecule has 0 aromatic rings. The maximum absolute atomic E-state index is 9.36. The second kappa shape index (κ2) is 6.19. The molecule has 0 spiro atoms. The van der Waals surface area contributed by atoms with Gasteiger partial charge in [-0.3, -0.25) is 0 Å².